The van der Waals surface area contributed by atoms with E-state index in [1.165, 1.54) is 25.3 Å². The van der Waals surface area contributed by atoms with Crippen LogP contribution in [0.3, 0.4) is 0 Å². The predicted octanol–water partition coefficient (Wildman–Crippen LogP) is 2.81. The van der Waals surface area contributed by atoms with Crippen molar-refractivity contribution in [1.82, 2.24) is 0 Å². The Labute approximate surface area is 114 Å². The number of rotatable bonds is 3. The topological polar surface area (TPSA) is 64.3 Å². The Morgan fingerprint density at radius 3 is 2.60 bits per heavy atom. The summed E-state index contributed by atoms with van der Waals surface area (Å²) in [7, 11) is 1.32. The average Bonchev–Trinajstić information content (AvgIpc) is 2.39. The number of nitrogens with one attached hydrogen (secondary N) is 1. The summed E-state index contributed by atoms with van der Waals surface area (Å²) in [5, 5.41) is 2.51. The number of hydrogen-bond donors (Lipinski definition) is 2. The lowest BCUT2D eigenvalue weighted by Crippen LogP contribution is -2.12. The van der Waals surface area contributed by atoms with Gasteiger partial charge in [0, 0.05) is 23.0 Å². The van der Waals surface area contributed by atoms with E-state index < -0.39 is 17.5 Å². The Morgan fingerprint density at radius 1 is 1.20 bits per heavy atom. The van der Waals surface area contributed by atoms with E-state index in [9.17, 15) is 13.6 Å². The molecule has 0 aromatic heterocycles. The third-order valence-electron chi connectivity index (χ3n) is 2.59. The van der Waals surface area contributed by atoms with Crippen molar-refractivity contribution in [3.8, 4) is 5.75 Å². The molecule has 0 unspecified atom stereocenters. The Kier molecular flexibility index (Phi) is 3.84. The fourth-order valence-corrected chi connectivity index (χ4v) is 1.68. The van der Waals surface area contributed by atoms with Crippen LogP contribution in [0, 0.1) is 11.6 Å². The van der Waals surface area contributed by atoms with Gasteiger partial charge in [-0.05, 0) is 30.3 Å². The number of anilines is 2. The van der Waals surface area contributed by atoms with Crippen LogP contribution in [0.5, 0.6) is 5.75 Å². The fourth-order valence-electron chi connectivity index (χ4n) is 1.68. The standard InChI is InChI=1S/C14H12F2N2O2/c1-20-13-7-11(2-3-12(13)16)18-14(19)8-4-9(15)6-10(17)5-8/h2-7H,17H2,1H3,(H,18,19). The van der Waals surface area contributed by atoms with Gasteiger partial charge < -0.3 is 15.8 Å². The van der Waals surface area contributed by atoms with Crippen LogP contribution in [0.15, 0.2) is 36.4 Å². The molecule has 0 fully saturated rings. The van der Waals surface area contributed by atoms with E-state index in [4.69, 9.17) is 10.5 Å². The Morgan fingerprint density at radius 2 is 1.95 bits per heavy atom. The lowest BCUT2D eigenvalue weighted by atomic mass is 10.1. The maximum Gasteiger partial charge on any atom is 0.255 e. The Bertz CT molecular complexity index is 639. The molecule has 20 heavy (non-hydrogen) atoms. The molecule has 0 aliphatic carbocycles. The first-order chi connectivity index (χ1) is 9.49. The summed E-state index contributed by atoms with van der Waals surface area (Å²) in [5.41, 5.74) is 6.02. The van der Waals surface area contributed by atoms with Crippen LogP contribution in [-0.4, -0.2) is 13.0 Å². The van der Waals surface area contributed by atoms with Crippen LogP contribution in [0.1, 0.15) is 10.4 Å². The summed E-state index contributed by atoms with van der Waals surface area (Å²) in [6.45, 7) is 0. The van der Waals surface area contributed by atoms with Gasteiger partial charge in [-0.25, -0.2) is 8.78 Å². The van der Waals surface area contributed by atoms with Crippen molar-refractivity contribution in [1.29, 1.82) is 0 Å². The fraction of sp³-hybridized carbons (Fsp3) is 0.0714. The van der Waals surface area contributed by atoms with Gasteiger partial charge in [-0.2, -0.15) is 0 Å². The first kappa shape index (κ1) is 13.8. The zero-order chi connectivity index (χ0) is 14.7. The van der Waals surface area contributed by atoms with Crippen LogP contribution in [0.2, 0.25) is 0 Å². The van der Waals surface area contributed by atoms with Gasteiger partial charge in [0.25, 0.3) is 5.91 Å². The minimum atomic E-state index is -0.605. The number of carbonyl (C=O) groups excluding carboxylic acids is 1. The molecule has 2 rings (SSSR count). The van der Waals surface area contributed by atoms with E-state index in [2.05, 4.69) is 5.32 Å². The molecule has 2 aromatic rings. The van der Waals surface area contributed by atoms with Gasteiger partial charge in [-0.1, -0.05) is 0 Å². The summed E-state index contributed by atoms with van der Waals surface area (Å²) in [5.74, 6) is -1.70. The van der Waals surface area contributed by atoms with Crippen LogP contribution in [0.25, 0.3) is 0 Å². The summed E-state index contributed by atoms with van der Waals surface area (Å²) < 4.78 is 31.2. The van der Waals surface area contributed by atoms with Gasteiger partial charge in [-0.15, -0.1) is 0 Å². The lowest BCUT2D eigenvalue weighted by molar-refractivity contribution is 0.102. The minimum Gasteiger partial charge on any atom is -0.494 e. The van der Waals surface area contributed by atoms with E-state index in [-0.39, 0.29) is 17.0 Å². The van der Waals surface area contributed by atoms with Crippen LogP contribution < -0.4 is 15.8 Å². The zero-order valence-corrected chi connectivity index (χ0v) is 10.6. The predicted molar refractivity (Wildman–Crippen MR) is 71.7 cm³/mol. The van der Waals surface area contributed by atoms with E-state index in [0.29, 0.717) is 5.69 Å². The van der Waals surface area contributed by atoms with E-state index in [1.54, 1.807) is 0 Å². The number of halogens is 2. The van der Waals surface area contributed by atoms with Crippen molar-refractivity contribution >= 4 is 17.3 Å². The molecule has 1 amide bonds. The number of hydrogen-bond acceptors (Lipinski definition) is 3. The largest absolute Gasteiger partial charge is 0.494 e. The zero-order valence-electron chi connectivity index (χ0n) is 10.6. The van der Waals surface area contributed by atoms with Gasteiger partial charge in [0.05, 0.1) is 7.11 Å². The van der Waals surface area contributed by atoms with Crippen molar-refractivity contribution in [3.63, 3.8) is 0 Å². The average molecular weight is 278 g/mol. The molecular weight excluding hydrogens is 266 g/mol. The second kappa shape index (κ2) is 5.56. The highest BCUT2D eigenvalue weighted by atomic mass is 19.1. The Hall–Kier alpha value is -2.63. The molecule has 2 aromatic carbocycles. The second-order valence-electron chi connectivity index (χ2n) is 4.08. The molecule has 0 atom stereocenters. The van der Waals surface area contributed by atoms with Crippen molar-refractivity contribution in [3.05, 3.63) is 53.6 Å². The second-order valence-corrected chi connectivity index (χ2v) is 4.08. The minimum absolute atomic E-state index is 0.00144. The molecule has 0 heterocycles. The number of benzene rings is 2. The third-order valence-corrected chi connectivity index (χ3v) is 2.59. The first-order valence-electron chi connectivity index (χ1n) is 5.70. The first-order valence-corrected chi connectivity index (χ1v) is 5.70. The van der Waals surface area contributed by atoms with Crippen LogP contribution >= 0.6 is 0 Å². The summed E-state index contributed by atoms with van der Waals surface area (Å²) in [4.78, 5) is 11.9. The molecule has 0 spiro atoms. The summed E-state index contributed by atoms with van der Waals surface area (Å²) >= 11 is 0. The molecule has 0 aliphatic rings. The highest BCUT2D eigenvalue weighted by molar-refractivity contribution is 6.04. The van der Waals surface area contributed by atoms with E-state index in [0.717, 1.165) is 18.2 Å². The number of ether oxygens (including phenoxy) is 1. The van der Waals surface area contributed by atoms with Gasteiger partial charge in [-0.3, -0.25) is 4.79 Å². The Balaban J connectivity index is 2.23. The van der Waals surface area contributed by atoms with Crippen LogP contribution in [-0.2, 0) is 0 Å². The monoisotopic (exact) mass is 278 g/mol. The molecule has 0 bridgehead atoms. The van der Waals surface area contributed by atoms with Gasteiger partial charge in [0.1, 0.15) is 5.82 Å². The SMILES string of the molecule is COc1cc(NC(=O)c2cc(N)cc(F)c2)ccc1F. The van der Waals surface area contributed by atoms with Crippen molar-refractivity contribution in [2.45, 2.75) is 0 Å². The van der Waals surface area contributed by atoms with Gasteiger partial charge in [0.15, 0.2) is 11.6 Å². The highest BCUT2D eigenvalue weighted by Gasteiger charge is 2.10. The number of methoxy groups -OCH3 is 1. The van der Waals surface area contributed by atoms with Crippen LogP contribution in [0.4, 0.5) is 20.2 Å². The maximum atomic E-state index is 13.2. The number of amides is 1. The summed E-state index contributed by atoms with van der Waals surface area (Å²) in [6.07, 6.45) is 0. The lowest BCUT2D eigenvalue weighted by Gasteiger charge is -2.08. The molecule has 3 N–H and O–H groups in total. The molecule has 0 saturated carbocycles. The van der Waals surface area contributed by atoms with E-state index >= 15 is 0 Å². The number of nitrogen functional groups attached to an aromatic ring is 1. The van der Waals surface area contributed by atoms with Gasteiger partial charge in [0.2, 0.25) is 0 Å². The highest BCUT2D eigenvalue weighted by Crippen LogP contribution is 2.22. The third kappa shape index (κ3) is 3.03. The van der Waals surface area contributed by atoms with Crippen molar-refractivity contribution in [2.24, 2.45) is 0 Å². The number of nitrogens with two attached hydrogens (primary N) is 1. The van der Waals surface area contributed by atoms with Crippen molar-refractivity contribution < 1.29 is 18.3 Å². The van der Waals surface area contributed by atoms with E-state index in [1.807, 2.05) is 0 Å². The molecule has 0 radical (unpaired) electrons. The molecule has 0 saturated heterocycles. The molecule has 104 valence electrons. The van der Waals surface area contributed by atoms with Gasteiger partial charge >= 0.3 is 0 Å². The summed E-state index contributed by atoms with van der Waals surface area (Å²) in [6, 6.07) is 7.38. The normalized spacial score (nSPS) is 10.2. The quantitative estimate of drug-likeness (QED) is 0.848. The van der Waals surface area contributed by atoms with Crippen molar-refractivity contribution in [2.75, 3.05) is 18.2 Å². The molecule has 0 aliphatic heterocycles. The smallest absolute Gasteiger partial charge is 0.255 e. The maximum absolute atomic E-state index is 13.2. The molecule has 4 nitrogen and oxygen atoms in total. The molecular formula is C14H12F2N2O2. The number of carbonyl (C=O) groups is 1. The molecule has 6 heteroatoms.